The minimum Gasteiger partial charge on any atom is -0.486 e. The van der Waals surface area contributed by atoms with Crippen molar-refractivity contribution in [2.24, 2.45) is 29.1 Å². The molecule has 7 aliphatic rings. The Bertz CT molecular complexity index is 1120. The largest absolute Gasteiger partial charge is 0.486 e. The first-order chi connectivity index (χ1) is 18.9. The minimum atomic E-state index is -0.934. The Morgan fingerprint density at radius 1 is 1.03 bits per heavy atom. The molecule has 7 nitrogen and oxygen atoms in total. The molecule has 0 radical (unpaired) electrons. The number of hydrogen-bond acceptors (Lipinski definition) is 5. The van der Waals surface area contributed by atoms with Crippen molar-refractivity contribution < 1.29 is 24.5 Å². The number of carbonyl (C=O) groups excluding carboxylic acids is 2. The lowest BCUT2D eigenvalue weighted by atomic mass is 9.49. The lowest BCUT2D eigenvalue weighted by molar-refractivity contribution is -0.149. The summed E-state index contributed by atoms with van der Waals surface area (Å²) in [6, 6.07) is 7.05. The Morgan fingerprint density at radius 3 is 2.36 bits per heavy atom. The van der Waals surface area contributed by atoms with Crippen LogP contribution in [0, 0.1) is 29.1 Å². The Kier molecular flexibility index (Phi) is 6.50. The summed E-state index contributed by atoms with van der Waals surface area (Å²) in [6.45, 7) is 0.672. The van der Waals surface area contributed by atoms with Crippen LogP contribution in [0.2, 0.25) is 0 Å². The highest BCUT2D eigenvalue weighted by Crippen LogP contribution is 2.60. The fourth-order valence-corrected chi connectivity index (χ4v) is 9.77. The Morgan fingerprint density at radius 2 is 1.69 bits per heavy atom. The van der Waals surface area contributed by atoms with Crippen LogP contribution in [0.1, 0.15) is 75.7 Å². The number of fused-ring (bicyclic) bond motifs is 3. The van der Waals surface area contributed by atoms with Crippen LogP contribution in [-0.2, 0) is 9.59 Å². The normalized spacial score (nSPS) is 38.1. The predicted molar refractivity (Wildman–Crippen MR) is 146 cm³/mol. The second kappa shape index (κ2) is 9.91. The van der Waals surface area contributed by atoms with Gasteiger partial charge in [0, 0.05) is 30.1 Å². The molecule has 1 heterocycles. The van der Waals surface area contributed by atoms with E-state index in [2.05, 4.69) is 5.32 Å². The van der Waals surface area contributed by atoms with Crippen molar-refractivity contribution in [1.29, 1.82) is 0 Å². The first-order valence-electron chi connectivity index (χ1n) is 15.3. The van der Waals surface area contributed by atoms with Crippen LogP contribution in [-0.4, -0.2) is 64.9 Å². The standard InChI is InChI=1S/C32H42N2O5/c35-10-9-33-30(37)24-14-25(28(36)29-27(24)23-7-3-4-8-26(23)39-29)34(31(38)22-5-1-2-6-22)18-32-15-19-11-20(16-32)13-21(12-19)17-32/h3-4,7-8,14,19-22,25,27-29,35-36H,1-2,5-6,9-13,15-18H2,(H,33,37)/t19?,20?,21?,25-,27+,28+,29+,32?/m1/s1. The number of hydrogen-bond donors (Lipinski definition) is 3. The van der Waals surface area contributed by atoms with E-state index in [1.165, 1.54) is 38.5 Å². The number of rotatable bonds is 7. The smallest absolute Gasteiger partial charge is 0.247 e. The van der Waals surface area contributed by atoms with Gasteiger partial charge in [-0.25, -0.2) is 0 Å². The van der Waals surface area contributed by atoms with Crippen molar-refractivity contribution >= 4 is 11.8 Å². The molecule has 4 atom stereocenters. The quantitative estimate of drug-likeness (QED) is 0.497. The van der Waals surface area contributed by atoms with Gasteiger partial charge in [0.1, 0.15) is 18.0 Å². The van der Waals surface area contributed by atoms with Crippen LogP contribution in [0.4, 0.5) is 0 Å². The second-order valence-electron chi connectivity index (χ2n) is 13.5. The van der Waals surface area contributed by atoms with Crippen molar-refractivity contribution in [2.75, 3.05) is 19.7 Å². The molecule has 5 saturated carbocycles. The topological polar surface area (TPSA) is 99.1 Å². The number of aliphatic hydroxyl groups excluding tert-OH is 2. The zero-order chi connectivity index (χ0) is 26.7. The zero-order valence-electron chi connectivity index (χ0n) is 22.8. The summed E-state index contributed by atoms with van der Waals surface area (Å²) in [7, 11) is 0. The van der Waals surface area contributed by atoms with Gasteiger partial charge >= 0.3 is 0 Å². The maximum Gasteiger partial charge on any atom is 0.247 e. The molecule has 0 saturated heterocycles. The van der Waals surface area contributed by atoms with Crippen molar-refractivity contribution in [1.82, 2.24) is 10.2 Å². The molecule has 210 valence electrons. The van der Waals surface area contributed by atoms with E-state index in [9.17, 15) is 19.8 Å². The molecule has 6 aliphatic carbocycles. The van der Waals surface area contributed by atoms with E-state index < -0.39 is 24.2 Å². The van der Waals surface area contributed by atoms with Crippen LogP contribution < -0.4 is 10.1 Å². The molecule has 2 amide bonds. The van der Waals surface area contributed by atoms with Crippen molar-refractivity contribution in [3.63, 3.8) is 0 Å². The number of nitrogens with zero attached hydrogens (tertiary/aromatic N) is 1. The first kappa shape index (κ1) is 25.6. The molecule has 1 aromatic carbocycles. The maximum atomic E-state index is 14.3. The molecule has 39 heavy (non-hydrogen) atoms. The number of ether oxygens (including phenoxy) is 1. The van der Waals surface area contributed by atoms with E-state index in [1.807, 2.05) is 35.2 Å². The number of amides is 2. The highest BCUT2D eigenvalue weighted by atomic mass is 16.5. The molecule has 1 aliphatic heterocycles. The first-order valence-corrected chi connectivity index (χ1v) is 15.3. The summed E-state index contributed by atoms with van der Waals surface area (Å²) in [6.07, 6.45) is 11.8. The van der Waals surface area contributed by atoms with E-state index in [0.29, 0.717) is 17.9 Å². The molecular weight excluding hydrogens is 492 g/mol. The van der Waals surface area contributed by atoms with Gasteiger partial charge in [0.25, 0.3) is 0 Å². The number of benzene rings is 1. The molecule has 8 rings (SSSR count). The van der Waals surface area contributed by atoms with Crippen LogP contribution in [0.15, 0.2) is 35.9 Å². The third kappa shape index (κ3) is 4.40. The van der Waals surface area contributed by atoms with Crippen molar-refractivity contribution in [3.8, 4) is 5.75 Å². The van der Waals surface area contributed by atoms with Gasteiger partial charge < -0.3 is 25.2 Å². The van der Waals surface area contributed by atoms with Gasteiger partial charge in [-0.3, -0.25) is 9.59 Å². The summed E-state index contributed by atoms with van der Waals surface area (Å²) < 4.78 is 6.33. The predicted octanol–water partition coefficient (Wildman–Crippen LogP) is 3.54. The summed E-state index contributed by atoms with van der Waals surface area (Å²) in [5.41, 5.74) is 1.54. The van der Waals surface area contributed by atoms with Crippen LogP contribution in [0.25, 0.3) is 0 Å². The van der Waals surface area contributed by atoms with E-state index in [4.69, 9.17) is 4.74 Å². The summed E-state index contributed by atoms with van der Waals surface area (Å²) in [5.74, 6) is 2.45. The van der Waals surface area contributed by atoms with Crippen molar-refractivity contribution in [3.05, 3.63) is 41.5 Å². The van der Waals surface area contributed by atoms with Gasteiger partial charge in [-0.05, 0) is 86.7 Å². The van der Waals surface area contributed by atoms with Gasteiger partial charge in [-0.1, -0.05) is 31.0 Å². The molecule has 3 N–H and O–H groups in total. The number of carbonyl (C=O) groups is 2. The fourth-order valence-electron chi connectivity index (χ4n) is 9.77. The number of nitrogens with one attached hydrogen (secondary N) is 1. The highest BCUT2D eigenvalue weighted by molar-refractivity contribution is 5.96. The third-order valence-electron chi connectivity index (χ3n) is 10.9. The van der Waals surface area contributed by atoms with Crippen LogP contribution >= 0.6 is 0 Å². The molecule has 7 heteroatoms. The molecule has 0 unspecified atom stereocenters. The van der Waals surface area contributed by atoms with E-state index in [0.717, 1.165) is 49.0 Å². The Hall–Kier alpha value is -2.38. The van der Waals surface area contributed by atoms with Crippen molar-refractivity contribution in [2.45, 2.75) is 88.4 Å². The third-order valence-corrected chi connectivity index (χ3v) is 10.9. The van der Waals surface area contributed by atoms with E-state index in [-0.39, 0.29) is 36.3 Å². The summed E-state index contributed by atoms with van der Waals surface area (Å²) in [4.78, 5) is 29.8. The molecular formula is C32H42N2O5. The van der Waals surface area contributed by atoms with E-state index in [1.54, 1.807) is 0 Å². The lowest BCUT2D eigenvalue weighted by Crippen LogP contribution is -2.60. The molecule has 5 fully saturated rings. The molecule has 0 spiro atoms. The molecule has 4 bridgehead atoms. The van der Waals surface area contributed by atoms with Gasteiger partial charge in [0.05, 0.1) is 18.6 Å². The number of aliphatic hydroxyl groups is 2. The van der Waals surface area contributed by atoms with Gasteiger partial charge in [0.2, 0.25) is 11.8 Å². The maximum absolute atomic E-state index is 14.3. The highest BCUT2D eigenvalue weighted by Gasteiger charge is 2.55. The SMILES string of the molecule is O=C(NCCO)C1=C[C@@H](N(CC23CC4CC(CC(C4)C2)C3)C(=O)C2CCCC2)[C@H](O)[C@H]2Oc3ccccc3[C@@H]12. The summed E-state index contributed by atoms with van der Waals surface area (Å²) >= 11 is 0. The Balaban J connectivity index is 1.27. The zero-order valence-corrected chi connectivity index (χ0v) is 22.8. The minimum absolute atomic E-state index is 0.00871. The fraction of sp³-hybridized carbons (Fsp3) is 0.688. The molecule has 0 aromatic heterocycles. The van der Waals surface area contributed by atoms with Crippen LogP contribution in [0.5, 0.6) is 5.75 Å². The summed E-state index contributed by atoms with van der Waals surface area (Å²) in [5, 5.41) is 24.1. The second-order valence-corrected chi connectivity index (χ2v) is 13.5. The average molecular weight is 535 g/mol. The average Bonchev–Trinajstić information content (AvgIpc) is 3.59. The lowest BCUT2D eigenvalue weighted by Gasteiger charge is -2.58. The van der Waals surface area contributed by atoms with Gasteiger partial charge in [-0.15, -0.1) is 0 Å². The number of para-hydroxylation sites is 1. The monoisotopic (exact) mass is 534 g/mol. The van der Waals surface area contributed by atoms with E-state index >= 15 is 0 Å². The molecule has 1 aromatic rings. The van der Waals surface area contributed by atoms with Gasteiger partial charge in [0.15, 0.2) is 0 Å². The van der Waals surface area contributed by atoms with Crippen LogP contribution in [0.3, 0.4) is 0 Å². The van der Waals surface area contributed by atoms with Gasteiger partial charge in [-0.2, -0.15) is 0 Å². The Labute approximate surface area is 231 Å².